The summed E-state index contributed by atoms with van der Waals surface area (Å²) in [5.41, 5.74) is 1.60. The topological polar surface area (TPSA) is 116 Å². The Kier molecular flexibility index (Phi) is 5.28. The Bertz CT molecular complexity index is 1070. The van der Waals surface area contributed by atoms with E-state index in [0.29, 0.717) is 11.1 Å². The summed E-state index contributed by atoms with van der Waals surface area (Å²) in [7, 11) is 0. The third kappa shape index (κ3) is 4.38. The van der Waals surface area contributed by atoms with Crippen LogP contribution in [0.25, 0.3) is 11.3 Å². The number of aliphatic carboxylic acids is 1. The predicted molar refractivity (Wildman–Crippen MR) is 97.1 cm³/mol. The quantitative estimate of drug-likeness (QED) is 0.697. The molecule has 0 aliphatic carbocycles. The van der Waals surface area contributed by atoms with Gasteiger partial charge in [-0.15, -0.1) is 0 Å². The van der Waals surface area contributed by atoms with E-state index in [-0.39, 0.29) is 30.3 Å². The van der Waals surface area contributed by atoms with Crippen LogP contribution >= 0.6 is 0 Å². The molecule has 134 valence electrons. The molecule has 7 heteroatoms. The number of H-pyrrole nitrogens is 1. The van der Waals surface area contributed by atoms with E-state index < -0.39 is 11.5 Å². The fourth-order valence-electron chi connectivity index (χ4n) is 2.59. The van der Waals surface area contributed by atoms with Gasteiger partial charge in [0.25, 0.3) is 11.6 Å². The van der Waals surface area contributed by atoms with Gasteiger partial charge in [-0.3, -0.25) is 14.6 Å². The van der Waals surface area contributed by atoms with Gasteiger partial charge in [0.15, 0.2) is 0 Å². The lowest BCUT2D eigenvalue weighted by molar-refractivity contribution is -0.136. The number of carboxylic acid groups (broad SMARTS) is 1. The molecular weight excluding hydrogens is 346 g/mol. The highest BCUT2D eigenvalue weighted by atomic mass is 16.5. The molecule has 27 heavy (non-hydrogen) atoms. The van der Waals surface area contributed by atoms with E-state index in [4.69, 9.17) is 9.84 Å². The van der Waals surface area contributed by atoms with Crippen molar-refractivity contribution in [2.24, 2.45) is 0 Å². The van der Waals surface area contributed by atoms with Gasteiger partial charge >= 0.3 is 5.97 Å². The monoisotopic (exact) mass is 361 g/mol. The normalized spacial score (nSPS) is 10.2. The van der Waals surface area contributed by atoms with Crippen molar-refractivity contribution < 1.29 is 14.6 Å². The number of rotatable bonds is 6. The van der Waals surface area contributed by atoms with Crippen LogP contribution < -0.4 is 10.3 Å². The molecule has 0 spiro atoms. The molecule has 0 saturated carbocycles. The zero-order valence-electron chi connectivity index (χ0n) is 14.2. The van der Waals surface area contributed by atoms with Crippen molar-refractivity contribution in [2.45, 2.75) is 13.0 Å². The van der Waals surface area contributed by atoms with E-state index in [1.165, 1.54) is 0 Å². The van der Waals surface area contributed by atoms with Crippen LogP contribution in [0.1, 0.15) is 16.7 Å². The summed E-state index contributed by atoms with van der Waals surface area (Å²) in [5.74, 6) is -0.918. The first-order valence-corrected chi connectivity index (χ1v) is 8.09. The minimum atomic E-state index is -0.918. The van der Waals surface area contributed by atoms with Crippen LogP contribution in [-0.4, -0.2) is 21.0 Å². The van der Waals surface area contributed by atoms with E-state index >= 15 is 0 Å². The van der Waals surface area contributed by atoms with E-state index in [2.05, 4.69) is 9.97 Å². The molecule has 0 fully saturated rings. The van der Waals surface area contributed by atoms with Crippen LogP contribution in [-0.2, 0) is 17.8 Å². The molecule has 0 atom stereocenters. The van der Waals surface area contributed by atoms with Crippen molar-refractivity contribution in [2.75, 3.05) is 0 Å². The maximum atomic E-state index is 12.2. The van der Waals surface area contributed by atoms with Gasteiger partial charge in [-0.1, -0.05) is 54.6 Å². The summed E-state index contributed by atoms with van der Waals surface area (Å²) in [6.45, 7) is 0.0938. The van der Waals surface area contributed by atoms with Crippen molar-refractivity contribution in [3.05, 3.63) is 81.6 Å². The lowest BCUT2D eigenvalue weighted by Crippen LogP contribution is -2.15. The highest BCUT2D eigenvalue weighted by Crippen LogP contribution is 2.20. The first-order valence-electron chi connectivity index (χ1n) is 8.09. The fraction of sp³-hybridized carbons (Fsp3) is 0.100. The Morgan fingerprint density at radius 2 is 1.89 bits per heavy atom. The summed E-state index contributed by atoms with van der Waals surface area (Å²) in [6, 6.07) is 17.7. The lowest BCUT2D eigenvalue weighted by atomic mass is 10.1. The number of benzene rings is 2. The Labute approximate surface area is 154 Å². The molecule has 0 amide bonds. The number of nitriles is 1. The third-order valence-corrected chi connectivity index (χ3v) is 3.78. The van der Waals surface area contributed by atoms with Gasteiger partial charge in [0.2, 0.25) is 0 Å². The summed E-state index contributed by atoms with van der Waals surface area (Å²) < 4.78 is 5.57. The molecule has 1 heterocycles. The second kappa shape index (κ2) is 7.97. The molecule has 0 unspecified atom stereocenters. The summed E-state index contributed by atoms with van der Waals surface area (Å²) in [6.07, 6.45) is -0.0854. The molecule has 1 aromatic heterocycles. The molecule has 0 aliphatic heterocycles. The maximum Gasteiger partial charge on any atom is 0.307 e. The predicted octanol–water partition coefficient (Wildman–Crippen LogP) is 2.51. The van der Waals surface area contributed by atoms with E-state index in [1.54, 1.807) is 48.5 Å². The second-order valence-corrected chi connectivity index (χ2v) is 5.75. The molecule has 2 N–H and O–H groups in total. The van der Waals surface area contributed by atoms with Crippen LogP contribution in [0.2, 0.25) is 0 Å². The minimum Gasteiger partial charge on any atom is -0.481 e. The number of carboxylic acids is 1. The molecule has 0 radical (unpaired) electrons. The Morgan fingerprint density at radius 1 is 1.15 bits per heavy atom. The molecule has 3 aromatic rings. The van der Waals surface area contributed by atoms with Crippen molar-refractivity contribution >= 4 is 5.97 Å². The molecule has 2 aromatic carbocycles. The number of aromatic amines is 1. The summed E-state index contributed by atoms with van der Waals surface area (Å²) >= 11 is 0. The van der Waals surface area contributed by atoms with Crippen LogP contribution in [0.4, 0.5) is 0 Å². The second-order valence-electron chi connectivity index (χ2n) is 5.75. The Hall–Kier alpha value is -3.92. The van der Waals surface area contributed by atoms with Crippen LogP contribution in [0.5, 0.6) is 6.01 Å². The molecule has 0 bridgehead atoms. The van der Waals surface area contributed by atoms with Crippen LogP contribution in [0, 0.1) is 11.3 Å². The number of hydrogen-bond donors (Lipinski definition) is 2. The summed E-state index contributed by atoms with van der Waals surface area (Å²) in [5, 5.41) is 18.1. The standard InChI is InChI=1S/C20H15N3O4/c21-11-16-18(15-7-2-1-3-8-15)22-20(23-19(16)26)27-12-14-6-4-5-13(9-14)10-17(24)25/h1-9H,10,12H2,(H,24,25)(H,22,23,26). The first-order chi connectivity index (χ1) is 13.1. The lowest BCUT2D eigenvalue weighted by Gasteiger charge is -2.09. The number of nitrogens with zero attached hydrogens (tertiary/aromatic N) is 2. The van der Waals surface area contributed by atoms with Gasteiger partial charge < -0.3 is 9.84 Å². The minimum absolute atomic E-state index is 0.0125. The van der Waals surface area contributed by atoms with E-state index in [9.17, 15) is 14.9 Å². The number of hydrogen-bond acceptors (Lipinski definition) is 5. The van der Waals surface area contributed by atoms with Crippen LogP contribution in [0.3, 0.4) is 0 Å². The van der Waals surface area contributed by atoms with Crippen molar-refractivity contribution in [3.63, 3.8) is 0 Å². The molecule has 3 rings (SSSR count). The van der Waals surface area contributed by atoms with Gasteiger partial charge in [-0.25, -0.2) is 0 Å². The van der Waals surface area contributed by atoms with Gasteiger partial charge in [-0.05, 0) is 11.1 Å². The zero-order valence-corrected chi connectivity index (χ0v) is 14.2. The van der Waals surface area contributed by atoms with Crippen molar-refractivity contribution in [1.29, 1.82) is 5.26 Å². The van der Waals surface area contributed by atoms with Crippen LogP contribution in [0.15, 0.2) is 59.4 Å². The van der Waals surface area contributed by atoms with E-state index in [0.717, 1.165) is 5.56 Å². The highest BCUT2D eigenvalue weighted by molar-refractivity contribution is 5.70. The summed E-state index contributed by atoms with van der Waals surface area (Å²) in [4.78, 5) is 29.7. The average Bonchev–Trinajstić information content (AvgIpc) is 2.66. The largest absolute Gasteiger partial charge is 0.481 e. The smallest absolute Gasteiger partial charge is 0.307 e. The van der Waals surface area contributed by atoms with Gasteiger partial charge in [0.1, 0.15) is 18.2 Å². The number of nitrogens with one attached hydrogen (secondary N) is 1. The Morgan fingerprint density at radius 3 is 2.59 bits per heavy atom. The number of carbonyl (C=O) groups is 1. The SMILES string of the molecule is N#Cc1c(-c2ccccc2)nc(OCc2cccc(CC(=O)O)c2)[nH]c1=O. The maximum absolute atomic E-state index is 12.2. The number of aromatic nitrogens is 2. The molecular formula is C20H15N3O4. The molecule has 0 aliphatic rings. The fourth-order valence-corrected chi connectivity index (χ4v) is 2.59. The van der Waals surface area contributed by atoms with E-state index in [1.807, 2.05) is 12.1 Å². The van der Waals surface area contributed by atoms with Gasteiger partial charge in [0.05, 0.1) is 12.1 Å². The zero-order chi connectivity index (χ0) is 19.2. The molecule has 7 nitrogen and oxygen atoms in total. The van der Waals surface area contributed by atoms with Crippen molar-refractivity contribution in [3.8, 4) is 23.3 Å². The number of ether oxygens (including phenoxy) is 1. The highest BCUT2D eigenvalue weighted by Gasteiger charge is 2.14. The van der Waals surface area contributed by atoms with Gasteiger partial charge in [-0.2, -0.15) is 10.2 Å². The Balaban J connectivity index is 1.86. The molecule has 0 saturated heterocycles. The first kappa shape index (κ1) is 17.9. The average molecular weight is 361 g/mol. The third-order valence-electron chi connectivity index (χ3n) is 3.78. The van der Waals surface area contributed by atoms with Crippen molar-refractivity contribution in [1.82, 2.24) is 9.97 Å². The van der Waals surface area contributed by atoms with Gasteiger partial charge in [0, 0.05) is 5.56 Å².